The predicted molar refractivity (Wildman–Crippen MR) is 119 cm³/mol. The van der Waals surface area contributed by atoms with E-state index in [1.54, 1.807) is 0 Å². The molecular formula is C22H15BrN6. The molecule has 3 aromatic carbocycles. The third kappa shape index (κ3) is 3.48. The standard InChI is InChI=1S/C22H15BrN6/c23-16-12-10-15(11-13-16)19(14-6-2-1-3-7-14)26-28-22-25-21-20(27-29-22)17-8-4-5-9-18(17)24-21/h1-13H,(H2,24,25,28,29). The van der Waals surface area contributed by atoms with Crippen molar-refractivity contribution in [1.82, 2.24) is 20.2 Å². The van der Waals surface area contributed by atoms with Gasteiger partial charge in [-0.25, -0.2) is 5.43 Å². The third-order valence-corrected chi connectivity index (χ3v) is 5.08. The summed E-state index contributed by atoms with van der Waals surface area (Å²) < 4.78 is 1.01. The quantitative estimate of drug-likeness (QED) is 0.298. The summed E-state index contributed by atoms with van der Waals surface area (Å²) in [5.74, 6) is 0.328. The minimum Gasteiger partial charge on any atom is -0.338 e. The van der Waals surface area contributed by atoms with Crippen LogP contribution in [0.5, 0.6) is 0 Å². The van der Waals surface area contributed by atoms with Crippen LogP contribution in [0.2, 0.25) is 0 Å². The topological polar surface area (TPSA) is 78.8 Å². The van der Waals surface area contributed by atoms with E-state index >= 15 is 0 Å². The molecule has 0 amide bonds. The minimum atomic E-state index is 0.328. The molecule has 140 valence electrons. The molecule has 2 N–H and O–H groups in total. The summed E-state index contributed by atoms with van der Waals surface area (Å²) in [6.45, 7) is 0. The number of H-pyrrole nitrogens is 1. The zero-order chi connectivity index (χ0) is 19.6. The molecule has 0 saturated heterocycles. The van der Waals surface area contributed by atoms with Gasteiger partial charge in [0.05, 0.1) is 5.71 Å². The van der Waals surface area contributed by atoms with Crippen molar-refractivity contribution in [3.05, 3.63) is 94.5 Å². The third-order valence-electron chi connectivity index (χ3n) is 4.55. The van der Waals surface area contributed by atoms with Crippen LogP contribution in [0.4, 0.5) is 5.95 Å². The molecule has 29 heavy (non-hydrogen) atoms. The Hall–Kier alpha value is -3.58. The van der Waals surface area contributed by atoms with Crippen LogP contribution in [0.15, 0.2) is 88.4 Å². The van der Waals surface area contributed by atoms with Gasteiger partial charge in [0.2, 0.25) is 0 Å². The van der Waals surface area contributed by atoms with Gasteiger partial charge in [-0.2, -0.15) is 10.1 Å². The number of aromatic nitrogens is 4. The Morgan fingerprint density at radius 1 is 0.828 bits per heavy atom. The molecule has 5 aromatic rings. The number of hydrogen-bond acceptors (Lipinski definition) is 5. The summed E-state index contributed by atoms with van der Waals surface area (Å²) in [6, 6.07) is 25.9. The molecule has 0 fully saturated rings. The Morgan fingerprint density at radius 2 is 1.55 bits per heavy atom. The lowest BCUT2D eigenvalue weighted by molar-refractivity contribution is 1.01. The molecule has 7 heteroatoms. The number of rotatable bonds is 4. The van der Waals surface area contributed by atoms with E-state index < -0.39 is 0 Å². The maximum Gasteiger partial charge on any atom is 0.265 e. The molecular weight excluding hydrogens is 428 g/mol. The van der Waals surface area contributed by atoms with Crippen molar-refractivity contribution < 1.29 is 0 Å². The largest absolute Gasteiger partial charge is 0.338 e. The first-order chi connectivity index (χ1) is 14.3. The number of nitrogens with one attached hydrogen (secondary N) is 2. The lowest BCUT2D eigenvalue weighted by Gasteiger charge is -2.08. The number of fused-ring (bicyclic) bond motifs is 3. The van der Waals surface area contributed by atoms with Crippen LogP contribution in [0.3, 0.4) is 0 Å². The van der Waals surface area contributed by atoms with Crippen molar-refractivity contribution in [3.8, 4) is 0 Å². The van der Waals surface area contributed by atoms with E-state index in [2.05, 4.69) is 46.6 Å². The van der Waals surface area contributed by atoms with E-state index in [1.165, 1.54) is 0 Å². The lowest BCUT2D eigenvalue weighted by Crippen LogP contribution is -2.08. The Balaban J connectivity index is 1.54. The SMILES string of the molecule is Brc1ccc(C(=NNc2nnc3c(n2)[nH]c2ccccc23)c2ccccc2)cc1. The number of aromatic amines is 1. The van der Waals surface area contributed by atoms with Crippen molar-refractivity contribution >= 4 is 49.7 Å². The van der Waals surface area contributed by atoms with Gasteiger partial charge in [0.25, 0.3) is 5.95 Å². The molecule has 2 aromatic heterocycles. The van der Waals surface area contributed by atoms with Crippen LogP contribution in [-0.4, -0.2) is 25.9 Å². The maximum absolute atomic E-state index is 4.60. The molecule has 0 aliphatic rings. The fourth-order valence-corrected chi connectivity index (χ4v) is 3.44. The van der Waals surface area contributed by atoms with E-state index in [1.807, 2.05) is 78.9 Å². The van der Waals surface area contributed by atoms with Gasteiger partial charge in [-0.1, -0.05) is 76.6 Å². The summed E-state index contributed by atoms with van der Waals surface area (Å²) in [7, 11) is 0. The number of hydrogen-bond donors (Lipinski definition) is 2. The highest BCUT2D eigenvalue weighted by Crippen LogP contribution is 2.22. The molecule has 0 aliphatic carbocycles. The molecule has 0 spiro atoms. The Bertz CT molecular complexity index is 1330. The van der Waals surface area contributed by atoms with Crippen LogP contribution < -0.4 is 5.43 Å². The Morgan fingerprint density at radius 3 is 2.38 bits per heavy atom. The highest BCUT2D eigenvalue weighted by atomic mass is 79.9. The maximum atomic E-state index is 4.60. The zero-order valence-corrected chi connectivity index (χ0v) is 16.8. The van der Waals surface area contributed by atoms with E-state index in [-0.39, 0.29) is 0 Å². The fraction of sp³-hybridized carbons (Fsp3) is 0. The van der Waals surface area contributed by atoms with Crippen LogP contribution in [0, 0.1) is 0 Å². The first-order valence-corrected chi connectivity index (χ1v) is 9.83. The van der Waals surface area contributed by atoms with Crippen LogP contribution in [0.25, 0.3) is 22.1 Å². The summed E-state index contributed by atoms with van der Waals surface area (Å²) in [5, 5.41) is 14.1. The summed E-state index contributed by atoms with van der Waals surface area (Å²) in [5.41, 5.74) is 8.11. The smallest absolute Gasteiger partial charge is 0.265 e. The van der Waals surface area contributed by atoms with Crippen LogP contribution in [0.1, 0.15) is 11.1 Å². The van der Waals surface area contributed by atoms with Gasteiger partial charge in [-0.3, -0.25) is 0 Å². The summed E-state index contributed by atoms with van der Waals surface area (Å²) >= 11 is 3.48. The lowest BCUT2D eigenvalue weighted by atomic mass is 10.0. The fourth-order valence-electron chi connectivity index (χ4n) is 3.17. The predicted octanol–water partition coefficient (Wildman–Crippen LogP) is 5.13. The van der Waals surface area contributed by atoms with Crippen molar-refractivity contribution in [1.29, 1.82) is 0 Å². The number of nitrogens with zero attached hydrogens (tertiary/aromatic N) is 4. The van der Waals surface area contributed by atoms with Crippen molar-refractivity contribution in [2.45, 2.75) is 0 Å². The van der Waals surface area contributed by atoms with E-state index in [4.69, 9.17) is 0 Å². The van der Waals surface area contributed by atoms with Gasteiger partial charge in [0.15, 0.2) is 5.65 Å². The second-order valence-electron chi connectivity index (χ2n) is 6.45. The summed E-state index contributed by atoms with van der Waals surface area (Å²) in [6.07, 6.45) is 0. The monoisotopic (exact) mass is 442 g/mol. The number of hydrazone groups is 1. The highest BCUT2D eigenvalue weighted by Gasteiger charge is 2.10. The van der Waals surface area contributed by atoms with Crippen molar-refractivity contribution in [3.63, 3.8) is 0 Å². The molecule has 2 heterocycles. The average molecular weight is 443 g/mol. The van der Waals surface area contributed by atoms with Gasteiger partial charge in [-0.05, 0) is 18.2 Å². The molecule has 0 radical (unpaired) electrons. The van der Waals surface area contributed by atoms with Crippen molar-refractivity contribution in [2.24, 2.45) is 5.10 Å². The number of para-hydroxylation sites is 1. The van der Waals surface area contributed by atoms with Gasteiger partial charge < -0.3 is 4.98 Å². The molecule has 6 nitrogen and oxygen atoms in total. The Labute approximate surface area is 174 Å². The molecule has 0 saturated carbocycles. The first kappa shape index (κ1) is 17.5. The zero-order valence-electron chi connectivity index (χ0n) is 15.2. The van der Waals surface area contributed by atoms with Gasteiger partial charge >= 0.3 is 0 Å². The molecule has 0 unspecified atom stereocenters. The number of benzene rings is 3. The van der Waals surface area contributed by atoms with Crippen molar-refractivity contribution in [2.75, 3.05) is 5.43 Å². The highest BCUT2D eigenvalue weighted by molar-refractivity contribution is 9.10. The molecule has 0 aliphatic heterocycles. The molecule has 0 bridgehead atoms. The van der Waals surface area contributed by atoms with Gasteiger partial charge in [0.1, 0.15) is 5.52 Å². The molecule has 5 rings (SSSR count). The van der Waals surface area contributed by atoms with E-state index in [0.717, 1.165) is 37.7 Å². The normalized spacial score (nSPS) is 11.8. The average Bonchev–Trinajstić information content (AvgIpc) is 3.14. The minimum absolute atomic E-state index is 0.328. The van der Waals surface area contributed by atoms with Gasteiger partial charge in [0, 0.05) is 26.5 Å². The second-order valence-corrected chi connectivity index (χ2v) is 7.36. The Kier molecular flexibility index (Phi) is 4.50. The first-order valence-electron chi connectivity index (χ1n) is 9.04. The molecule has 0 atom stereocenters. The van der Waals surface area contributed by atoms with E-state index in [9.17, 15) is 0 Å². The second kappa shape index (κ2) is 7.44. The number of halogens is 1. The van der Waals surface area contributed by atoms with Crippen LogP contribution >= 0.6 is 15.9 Å². The number of anilines is 1. The van der Waals surface area contributed by atoms with Crippen LogP contribution in [-0.2, 0) is 0 Å². The summed E-state index contributed by atoms with van der Waals surface area (Å²) in [4.78, 5) is 7.80. The van der Waals surface area contributed by atoms with Gasteiger partial charge in [-0.15, -0.1) is 10.2 Å². The van der Waals surface area contributed by atoms with E-state index in [0.29, 0.717) is 11.6 Å².